The van der Waals surface area contributed by atoms with Gasteiger partial charge in [-0.25, -0.2) is 0 Å². The van der Waals surface area contributed by atoms with Gasteiger partial charge in [-0.05, 0) is 42.7 Å². The SMILES string of the molecule is N=C1CC(c2ccccc2)(c2ccccc2)C(=O)N1CC1CCN(C(=O)C2CCCCCC2)CC1. The number of carbonyl (C=O) groups excluding carboxylic acids is 2. The molecule has 2 aliphatic heterocycles. The summed E-state index contributed by atoms with van der Waals surface area (Å²) in [5.41, 5.74) is 1.06. The third-order valence-corrected chi connectivity index (χ3v) is 8.47. The van der Waals surface area contributed by atoms with Crippen LogP contribution in [-0.4, -0.2) is 47.1 Å². The number of likely N-dealkylation sites (tertiary alicyclic amines) is 2. The maximum Gasteiger partial charge on any atom is 0.243 e. The molecule has 2 aromatic carbocycles. The minimum atomic E-state index is -0.838. The monoisotopic (exact) mass is 471 g/mol. The number of hydrogen-bond donors (Lipinski definition) is 1. The fraction of sp³-hybridized carbons (Fsp3) is 0.500. The number of nitrogens with one attached hydrogen (secondary N) is 1. The van der Waals surface area contributed by atoms with Crippen molar-refractivity contribution < 1.29 is 9.59 Å². The largest absolute Gasteiger partial charge is 0.342 e. The zero-order valence-corrected chi connectivity index (χ0v) is 20.6. The van der Waals surface area contributed by atoms with Crippen LogP contribution >= 0.6 is 0 Å². The Morgan fingerprint density at radius 1 is 0.829 bits per heavy atom. The van der Waals surface area contributed by atoms with Crippen LogP contribution in [-0.2, 0) is 15.0 Å². The van der Waals surface area contributed by atoms with Crippen molar-refractivity contribution >= 4 is 17.6 Å². The van der Waals surface area contributed by atoms with Crippen molar-refractivity contribution in [2.75, 3.05) is 19.6 Å². The lowest BCUT2D eigenvalue weighted by molar-refractivity contribution is -0.138. The van der Waals surface area contributed by atoms with E-state index in [1.54, 1.807) is 4.90 Å². The summed E-state index contributed by atoms with van der Waals surface area (Å²) in [7, 11) is 0. The number of piperidine rings is 1. The summed E-state index contributed by atoms with van der Waals surface area (Å²) in [5.74, 6) is 1.29. The Hall–Kier alpha value is -2.95. The van der Waals surface area contributed by atoms with E-state index in [1.807, 2.05) is 60.7 Å². The molecule has 5 nitrogen and oxygen atoms in total. The zero-order valence-electron chi connectivity index (χ0n) is 20.6. The molecule has 2 heterocycles. The third kappa shape index (κ3) is 4.65. The molecule has 1 aliphatic carbocycles. The van der Waals surface area contributed by atoms with Crippen molar-refractivity contribution in [2.24, 2.45) is 11.8 Å². The number of carbonyl (C=O) groups is 2. The smallest absolute Gasteiger partial charge is 0.243 e. The van der Waals surface area contributed by atoms with E-state index in [4.69, 9.17) is 5.41 Å². The van der Waals surface area contributed by atoms with E-state index in [9.17, 15) is 9.59 Å². The summed E-state index contributed by atoms with van der Waals surface area (Å²) in [5, 5.41) is 8.81. The summed E-state index contributed by atoms with van der Waals surface area (Å²) in [6.07, 6.45) is 9.15. The number of rotatable bonds is 5. The summed E-state index contributed by atoms with van der Waals surface area (Å²) >= 11 is 0. The maximum absolute atomic E-state index is 14.0. The molecule has 0 atom stereocenters. The quantitative estimate of drug-likeness (QED) is 0.594. The van der Waals surface area contributed by atoms with Gasteiger partial charge in [-0.2, -0.15) is 0 Å². The number of nitrogens with zero attached hydrogens (tertiary/aromatic N) is 2. The molecular formula is C30H37N3O2. The maximum atomic E-state index is 14.0. The fourth-order valence-corrected chi connectivity index (χ4v) is 6.41. The molecule has 1 N–H and O–H groups in total. The number of amidine groups is 1. The molecule has 0 radical (unpaired) electrons. The molecule has 0 unspecified atom stereocenters. The molecule has 5 heteroatoms. The lowest BCUT2D eigenvalue weighted by Crippen LogP contribution is -2.46. The van der Waals surface area contributed by atoms with Crippen LogP contribution in [0.25, 0.3) is 0 Å². The topological polar surface area (TPSA) is 64.5 Å². The Kier molecular flexibility index (Phi) is 7.03. The standard InChI is InChI=1S/C30H37N3O2/c31-27-21-30(25-13-7-3-8-14-25,26-15-9-4-10-16-26)29(35)33(27)22-23-17-19-32(20-18-23)28(34)24-11-5-1-2-6-12-24/h3-4,7-10,13-16,23-24,31H,1-2,5-6,11-12,17-22H2. The molecule has 1 saturated carbocycles. The van der Waals surface area contributed by atoms with Crippen molar-refractivity contribution in [3.05, 3.63) is 71.8 Å². The molecule has 2 aromatic rings. The summed E-state index contributed by atoms with van der Waals surface area (Å²) in [6.45, 7) is 2.13. The van der Waals surface area contributed by atoms with E-state index in [1.165, 1.54) is 25.7 Å². The highest BCUT2D eigenvalue weighted by Gasteiger charge is 2.52. The first kappa shape index (κ1) is 23.8. The Morgan fingerprint density at radius 3 is 1.91 bits per heavy atom. The second-order valence-electron chi connectivity index (χ2n) is 10.6. The highest BCUT2D eigenvalue weighted by atomic mass is 16.2. The van der Waals surface area contributed by atoms with Gasteiger partial charge in [0.25, 0.3) is 0 Å². The van der Waals surface area contributed by atoms with Crippen LogP contribution in [0.4, 0.5) is 0 Å². The summed E-state index contributed by atoms with van der Waals surface area (Å²) < 4.78 is 0. The van der Waals surface area contributed by atoms with Crippen molar-refractivity contribution in [3.63, 3.8) is 0 Å². The van der Waals surface area contributed by atoms with Gasteiger partial charge >= 0.3 is 0 Å². The molecule has 0 aromatic heterocycles. The van der Waals surface area contributed by atoms with E-state index >= 15 is 0 Å². The highest BCUT2D eigenvalue weighted by Crippen LogP contribution is 2.43. The molecule has 5 rings (SSSR count). The number of hydrogen-bond acceptors (Lipinski definition) is 3. The first-order valence-corrected chi connectivity index (χ1v) is 13.4. The van der Waals surface area contributed by atoms with Crippen LogP contribution in [0, 0.1) is 17.2 Å². The average molecular weight is 472 g/mol. The fourth-order valence-electron chi connectivity index (χ4n) is 6.41. The Balaban J connectivity index is 1.28. The van der Waals surface area contributed by atoms with E-state index in [2.05, 4.69) is 4.90 Å². The van der Waals surface area contributed by atoms with Crippen molar-refractivity contribution in [1.82, 2.24) is 9.80 Å². The van der Waals surface area contributed by atoms with Gasteiger partial charge in [-0.15, -0.1) is 0 Å². The molecule has 2 amide bonds. The predicted molar refractivity (Wildman–Crippen MR) is 138 cm³/mol. The molecule has 3 aliphatic rings. The van der Waals surface area contributed by atoms with Gasteiger partial charge in [0.05, 0.1) is 0 Å². The van der Waals surface area contributed by atoms with Crippen molar-refractivity contribution in [1.29, 1.82) is 5.41 Å². The first-order chi connectivity index (χ1) is 17.1. The molecule has 0 bridgehead atoms. The van der Waals surface area contributed by atoms with Gasteiger partial charge in [0.2, 0.25) is 11.8 Å². The minimum Gasteiger partial charge on any atom is -0.342 e. The molecule has 0 spiro atoms. The molecule has 3 fully saturated rings. The molecule has 184 valence electrons. The van der Waals surface area contributed by atoms with Crippen LogP contribution in [0.2, 0.25) is 0 Å². The molecule has 35 heavy (non-hydrogen) atoms. The van der Waals surface area contributed by atoms with Crippen LogP contribution in [0.1, 0.15) is 68.9 Å². The zero-order chi connectivity index (χ0) is 24.3. The Labute approximate surface area is 209 Å². The van der Waals surface area contributed by atoms with E-state index in [-0.39, 0.29) is 11.8 Å². The van der Waals surface area contributed by atoms with Crippen molar-refractivity contribution in [3.8, 4) is 0 Å². The van der Waals surface area contributed by atoms with Gasteiger partial charge < -0.3 is 4.90 Å². The van der Waals surface area contributed by atoms with Crippen molar-refractivity contribution in [2.45, 2.75) is 63.2 Å². The second-order valence-corrected chi connectivity index (χ2v) is 10.6. The van der Waals surface area contributed by atoms with Gasteiger partial charge in [0, 0.05) is 32.0 Å². The van der Waals surface area contributed by atoms with E-state index in [0.29, 0.717) is 30.6 Å². The van der Waals surface area contributed by atoms with Gasteiger partial charge in [0.15, 0.2) is 0 Å². The number of amides is 2. The van der Waals surface area contributed by atoms with Crippen LogP contribution in [0.15, 0.2) is 60.7 Å². The van der Waals surface area contributed by atoms with Crippen LogP contribution < -0.4 is 0 Å². The Bertz CT molecular complexity index is 996. The Morgan fingerprint density at radius 2 is 1.37 bits per heavy atom. The van der Waals surface area contributed by atoms with Gasteiger partial charge in [0.1, 0.15) is 11.3 Å². The van der Waals surface area contributed by atoms with E-state index in [0.717, 1.165) is 49.9 Å². The third-order valence-electron chi connectivity index (χ3n) is 8.47. The second kappa shape index (κ2) is 10.3. The predicted octanol–water partition coefficient (Wildman–Crippen LogP) is 5.39. The highest BCUT2D eigenvalue weighted by molar-refractivity contribution is 6.12. The lowest BCUT2D eigenvalue weighted by atomic mass is 9.73. The average Bonchev–Trinajstić information content (AvgIpc) is 3.08. The lowest BCUT2D eigenvalue weighted by Gasteiger charge is -2.36. The molecule has 2 saturated heterocycles. The summed E-state index contributed by atoms with van der Waals surface area (Å²) in [4.78, 5) is 30.9. The van der Waals surface area contributed by atoms with Crippen LogP contribution in [0.3, 0.4) is 0 Å². The molecular weight excluding hydrogens is 434 g/mol. The summed E-state index contributed by atoms with van der Waals surface area (Å²) in [6, 6.07) is 19.9. The van der Waals surface area contributed by atoms with Gasteiger partial charge in [-0.1, -0.05) is 86.3 Å². The normalized spacial score (nSPS) is 21.8. The van der Waals surface area contributed by atoms with Gasteiger partial charge in [-0.3, -0.25) is 19.9 Å². The first-order valence-electron chi connectivity index (χ1n) is 13.4. The minimum absolute atomic E-state index is 0.0110. The number of benzene rings is 2. The van der Waals surface area contributed by atoms with E-state index < -0.39 is 5.41 Å². The van der Waals surface area contributed by atoms with Crippen LogP contribution in [0.5, 0.6) is 0 Å².